The normalized spacial score (nSPS) is 13.3. The Labute approximate surface area is 208 Å². The Hall–Kier alpha value is -4.68. The molecule has 0 aliphatic carbocycles. The van der Waals surface area contributed by atoms with Gasteiger partial charge in [0.05, 0.1) is 10.2 Å². The Morgan fingerprint density at radius 3 is 2.61 bits per heavy atom. The van der Waals surface area contributed by atoms with Gasteiger partial charge in [0, 0.05) is 5.69 Å². The Morgan fingerprint density at radius 1 is 1.11 bits per heavy atom. The molecule has 2 heterocycles. The van der Waals surface area contributed by atoms with E-state index >= 15 is 0 Å². The molecule has 1 N–H and O–H groups in total. The third kappa shape index (κ3) is 4.37. The number of nitrogens with zero attached hydrogens (tertiary/aromatic N) is 2. The van der Waals surface area contributed by atoms with Crippen molar-refractivity contribution in [2.45, 2.75) is 6.92 Å². The Bertz CT molecular complexity index is 1720. The summed E-state index contributed by atoms with van der Waals surface area (Å²) in [5.74, 6) is 0.0352. The fraction of sp³-hybridized carbons (Fsp3) is 0.0741. The van der Waals surface area contributed by atoms with Gasteiger partial charge in [0.2, 0.25) is 6.79 Å². The molecule has 4 aromatic rings. The molecule has 5 rings (SSSR count). The van der Waals surface area contributed by atoms with Gasteiger partial charge in [-0.2, -0.15) is 5.26 Å². The number of thiazole rings is 1. The number of carbonyl (C=O) groups is 1. The molecule has 7 nitrogen and oxygen atoms in total. The average Bonchev–Trinajstić information content (AvgIpc) is 3.46. The predicted molar refractivity (Wildman–Crippen MR) is 134 cm³/mol. The molecule has 0 saturated carbocycles. The van der Waals surface area contributed by atoms with Gasteiger partial charge in [-0.3, -0.25) is 14.2 Å². The number of fused-ring (bicyclic) bond motifs is 1. The molecule has 1 aliphatic rings. The van der Waals surface area contributed by atoms with Gasteiger partial charge in [0.25, 0.3) is 11.5 Å². The van der Waals surface area contributed by atoms with Crippen molar-refractivity contribution in [3.8, 4) is 23.3 Å². The minimum absolute atomic E-state index is 0.121. The summed E-state index contributed by atoms with van der Waals surface area (Å²) in [4.78, 5) is 26.7. The first-order valence-corrected chi connectivity index (χ1v) is 11.7. The highest BCUT2D eigenvalue weighted by atomic mass is 32.1. The third-order valence-electron chi connectivity index (χ3n) is 5.55. The monoisotopic (exact) mass is 499 g/mol. The van der Waals surface area contributed by atoms with Crippen molar-refractivity contribution in [1.29, 1.82) is 5.26 Å². The standard InChI is InChI=1S/C27H18FN3O4S/c1-16-4-2-3-5-21(16)30-25(32)20(14-29)27-31(19-9-7-18(28)8-10-19)26(33)24(36-27)13-17-6-11-22-23(12-17)35-15-34-22/h2-13H,15H2,1H3,(H,30,32). The zero-order valence-electron chi connectivity index (χ0n) is 18.9. The number of amides is 1. The zero-order valence-corrected chi connectivity index (χ0v) is 19.8. The van der Waals surface area contributed by atoms with E-state index in [2.05, 4.69) is 5.32 Å². The highest BCUT2D eigenvalue weighted by Crippen LogP contribution is 2.32. The van der Waals surface area contributed by atoms with Gasteiger partial charge in [-0.25, -0.2) is 4.39 Å². The van der Waals surface area contributed by atoms with Gasteiger partial charge in [0.1, 0.15) is 16.5 Å². The number of hydrogen-bond acceptors (Lipinski definition) is 6. The van der Waals surface area contributed by atoms with Gasteiger partial charge in [-0.05, 0) is 66.6 Å². The van der Waals surface area contributed by atoms with E-state index in [0.717, 1.165) is 16.9 Å². The molecule has 0 atom stereocenters. The van der Waals surface area contributed by atoms with Crippen molar-refractivity contribution in [1.82, 2.24) is 4.57 Å². The van der Waals surface area contributed by atoms with Gasteiger partial charge in [-0.1, -0.05) is 24.3 Å². The number of nitriles is 1. The van der Waals surface area contributed by atoms with E-state index in [-0.39, 0.29) is 21.6 Å². The van der Waals surface area contributed by atoms with E-state index in [9.17, 15) is 19.2 Å². The molecule has 9 heteroatoms. The largest absolute Gasteiger partial charge is 0.454 e. The van der Waals surface area contributed by atoms with Gasteiger partial charge in [-0.15, -0.1) is 11.3 Å². The topological polar surface area (TPSA) is 93.4 Å². The molecule has 178 valence electrons. The lowest BCUT2D eigenvalue weighted by Crippen LogP contribution is -2.32. The van der Waals surface area contributed by atoms with Crippen LogP contribution in [0.15, 0.2) is 71.5 Å². The van der Waals surface area contributed by atoms with Crippen LogP contribution in [0, 0.1) is 24.1 Å². The summed E-state index contributed by atoms with van der Waals surface area (Å²) in [6.45, 7) is 1.95. The number of benzene rings is 3. The number of carbonyl (C=O) groups excluding carboxylic acids is 1. The lowest BCUT2D eigenvalue weighted by Gasteiger charge is -2.08. The van der Waals surface area contributed by atoms with E-state index in [1.54, 1.807) is 36.4 Å². The Balaban J connectivity index is 1.71. The molecule has 1 aliphatic heterocycles. The first kappa shape index (κ1) is 23.1. The first-order chi connectivity index (χ1) is 17.4. The summed E-state index contributed by atoms with van der Waals surface area (Å²) >= 11 is 0.998. The number of ether oxygens (including phenoxy) is 2. The van der Waals surface area contributed by atoms with Crippen LogP contribution in [0.5, 0.6) is 11.5 Å². The molecule has 0 radical (unpaired) electrons. The maximum Gasteiger partial charge on any atom is 0.273 e. The smallest absolute Gasteiger partial charge is 0.273 e. The van der Waals surface area contributed by atoms with E-state index < -0.39 is 17.3 Å². The summed E-state index contributed by atoms with van der Waals surface area (Å²) < 4.78 is 26.0. The molecular formula is C27H18FN3O4S. The fourth-order valence-electron chi connectivity index (χ4n) is 3.72. The highest BCUT2D eigenvalue weighted by molar-refractivity contribution is 7.07. The van der Waals surface area contributed by atoms with E-state index in [1.807, 2.05) is 25.1 Å². The van der Waals surface area contributed by atoms with Crippen molar-refractivity contribution in [3.05, 3.63) is 103 Å². The van der Waals surface area contributed by atoms with Crippen LogP contribution in [0.3, 0.4) is 0 Å². The average molecular weight is 500 g/mol. The highest BCUT2D eigenvalue weighted by Gasteiger charge is 2.18. The molecule has 36 heavy (non-hydrogen) atoms. The van der Waals surface area contributed by atoms with Crippen LogP contribution in [0.4, 0.5) is 10.1 Å². The summed E-state index contributed by atoms with van der Waals surface area (Å²) in [7, 11) is 0. The van der Waals surface area contributed by atoms with Crippen LogP contribution in [-0.2, 0) is 4.79 Å². The van der Waals surface area contributed by atoms with E-state index in [0.29, 0.717) is 28.4 Å². The number of halogens is 1. The zero-order chi connectivity index (χ0) is 25.2. The number of rotatable bonds is 4. The van der Waals surface area contributed by atoms with Crippen molar-refractivity contribution in [2.75, 3.05) is 12.1 Å². The van der Waals surface area contributed by atoms with Crippen LogP contribution < -0.4 is 29.5 Å². The van der Waals surface area contributed by atoms with E-state index in [4.69, 9.17) is 9.47 Å². The minimum atomic E-state index is -0.654. The van der Waals surface area contributed by atoms with Crippen LogP contribution in [0.25, 0.3) is 17.3 Å². The molecule has 1 aromatic heterocycles. The number of anilines is 1. The van der Waals surface area contributed by atoms with Gasteiger partial charge < -0.3 is 14.8 Å². The summed E-state index contributed by atoms with van der Waals surface area (Å²) in [5.41, 5.74) is 1.69. The molecule has 0 bridgehead atoms. The van der Waals surface area contributed by atoms with Crippen LogP contribution >= 0.6 is 11.3 Å². The lowest BCUT2D eigenvalue weighted by atomic mass is 10.2. The summed E-state index contributed by atoms with van der Waals surface area (Å²) in [5, 5.41) is 12.7. The van der Waals surface area contributed by atoms with Crippen molar-refractivity contribution in [2.24, 2.45) is 0 Å². The number of para-hydroxylation sites is 1. The lowest BCUT2D eigenvalue weighted by molar-refractivity contribution is -0.111. The second-order valence-electron chi connectivity index (χ2n) is 7.90. The first-order valence-electron chi connectivity index (χ1n) is 10.8. The van der Waals surface area contributed by atoms with Crippen molar-refractivity contribution < 1.29 is 18.7 Å². The minimum Gasteiger partial charge on any atom is -0.454 e. The van der Waals surface area contributed by atoms with Crippen molar-refractivity contribution >= 4 is 34.6 Å². The molecule has 0 saturated heterocycles. The Morgan fingerprint density at radius 2 is 1.86 bits per heavy atom. The predicted octanol–water partition coefficient (Wildman–Crippen LogP) is 3.22. The molecule has 0 spiro atoms. The summed E-state index contributed by atoms with van der Waals surface area (Å²) in [6.07, 6.45) is 1.65. The maximum absolute atomic E-state index is 13.6. The quantitative estimate of drug-likeness (QED) is 0.466. The van der Waals surface area contributed by atoms with Crippen molar-refractivity contribution in [3.63, 3.8) is 0 Å². The summed E-state index contributed by atoms with van der Waals surface area (Å²) in [6, 6.07) is 19.6. The van der Waals surface area contributed by atoms with Gasteiger partial charge in [0.15, 0.2) is 17.1 Å². The second-order valence-corrected chi connectivity index (χ2v) is 8.93. The van der Waals surface area contributed by atoms with E-state index in [1.165, 1.54) is 28.8 Å². The molecular weight excluding hydrogens is 481 g/mol. The number of hydrogen-bond donors (Lipinski definition) is 1. The van der Waals surface area contributed by atoms with Crippen LogP contribution in [-0.4, -0.2) is 17.3 Å². The SMILES string of the molecule is Cc1ccccc1NC(=O)C(C#N)=c1sc(=Cc2ccc3c(c2)OCO3)c(=O)n1-c1ccc(F)cc1. The van der Waals surface area contributed by atoms with Gasteiger partial charge >= 0.3 is 0 Å². The number of nitrogens with one attached hydrogen (secondary N) is 1. The number of aromatic nitrogens is 1. The molecule has 0 unspecified atom stereocenters. The van der Waals surface area contributed by atoms with Crippen LogP contribution in [0.1, 0.15) is 11.1 Å². The maximum atomic E-state index is 13.6. The molecule has 0 fully saturated rings. The van der Waals surface area contributed by atoms with Crippen LogP contribution in [0.2, 0.25) is 0 Å². The number of aryl methyl sites for hydroxylation is 1. The fourth-order valence-corrected chi connectivity index (χ4v) is 4.82. The third-order valence-corrected chi connectivity index (χ3v) is 6.64. The molecule has 3 aromatic carbocycles. The second kappa shape index (κ2) is 9.52. The Kier molecular flexibility index (Phi) is 6.10. The molecule has 1 amide bonds.